The Balaban J connectivity index is 4.30. The number of hydrogen-bond acceptors (Lipinski definition) is 1. The van der Waals surface area contributed by atoms with Crippen LogP contribution >= 0.6 is 0 Å². The first kappa shape index (κ1) is 10.3. The van der Waals surface area contributed by atoms with Gasteiger partial charge in [0.05, 0.1) is 0 Å². The summed E-state index contributed by atoms with van der Waals surface area (Å²) in [5.41, 5.74) is 10.8. The van der Waals surface area contributed by atoms with E-state index in [9.17, 15) is 0 Å². The van der Waals surface area contributed by atoms with Crippen LogP contribution in [0.2, 0.25) is 0 Å². The van der Waals surface area contributed by atoms with Crippen LogP contribution in [0.4, 0.5) is 0 Å². The van der Waals surface area contributed by atoms with Crippen LogP contribution in [-0.2, 0) is 0 Å². The van der Waals surface area contributed by atoms with Crippen LogP contribution in [0, 0.1) is 0 Å². The van der Waals surface area contributed by atoms with Crippen LogP contribution in [-0.4, -0.2) is 0 Å². The van der Waals surface area contributed by atoms with Crippen LogP contribution in [0.25, 0.3) is 0 Å². The molecular formula is C10H19N. The Hall–Kier alpha value is -0.720. The quantitative estimate of drug-likeness (QED) is 0.606. The lowest BCUT2D eigenvalue weighted by Gasteiger charge is -2.05. The largest absolute Gasteiger partial charge is 0.402 e. The van der Waals surface area contributed by atoms with E-state index in [0.717, 1.165) is 12.1 Å². The molecule has 1 nitrogen and oxygen atoms in total. The minimum absolute atomic E-state index is 0.921. The lowest BCUT2D eigenvalue weighted by atomic mass is 10.1. The zero-order valence-corrected chi connectivity index (χ0v) is 8.28. The number of hydrogen-bond donors (Lipinski definition) is 1. The highest BCUT2D eigenvalue weighted by Crippen LogP contribution is 2.12. The summed E-state index contributed by atoms with van der Waals surface area (Å²) in [5.74, 6) is 0. The van der Waals surface area contributed by atoms with E-state index in [0.29, 0.717) is 0 Å². The summed E-state index contributed by atoms with van der Waals surface area (Å²) in [7, 11) is 0. The second kappa shape index (κ2) is 4.22. The van der Waals surface area contributed by atoms with Gasteiger partial charge in [-0.25, -0.2) is 0 Å². The summed E-state index contributed by atoms with van der Waals surface area (Å²) < 4.78 is 0. The molecular weight excluding hydrogens is 134 g/mol. The highest BCUT2D eigenvalue weighted by Gasteiger charge is 1.96. The average molecular weight is 153 g/mol. The molecule has 11 heavy (non-hydrogen) atoms. The van der Waals surface area contributed by atoms with E-state index in [-0.39, 0.29) is 0 Å². The van der Waals surface area contributed by atoms with Crippen molar-refractivity contribution in [3.63, 3.8) is 0 Å². The fourth-order valence-corrected chi connectivity index (χ4v) is 0.639. The van der Waals surface area contributed by atoms with Gasteiger partial charge in [0, 0.05) is 12.1 Å². The molecule has 0 saturated heterocycles. The Morgan fingerprint density at radius 3 is 1.64 bits per heavy atom. The van der Waals surface area contributed by atoms with E-state index in [4.69, 9.17) is 5.73 Å². The van der Waals surface area contributed by atoms with Gasteiger partial charge < -0.3 is 5.73 Å². The summed E-state index contributed by atoms with van der Waals surface area (Å²) >= 11 is 0. The van der Waals surface area contributed by atoms with E-state index in [1.54, 1.807) is 0 Å². The Morgan fingerprint density at radius 1 is 0.909 bits per heavy atom. The average Bonchev–Trinajstić information content (AvgIpc) is 1.87. The lowest BCUT2D eigenvalue weighted by molar-refractivity contribution is 1.01. The number of rotatable bonds is 2. The first-order valence-corrected chi connectivity index (χ1v) is 4.00. The van der Waals surface area contributed by atoms with Crippen molar-refractivity contribution in [1.29, 1.82) is 0 Å². The molecule has 0 amide bonds. The molecule has 0 bridgehead atoms. The number of nitrogens with two attached hydrogens (primary N) is 1. The zero-order chi connectivity index (χ0) is 9.02. The molecule has 0 aromatic carbocycles. The molecule has 1 heteroatoms. The maximum atomic E-state index is 5.80. The van der Waals surface area contributed by atoms with Crippen LogP contribution in [0.1, 0.15) is 41.0 Å². The Labute approximate surface area is 70.0 Å². The molecule has 64 valence electrons. The first-order chi connectivity index (χ1) is 4.95. The van der Waals surface area contributed by atoms with Crippen LogP contribution in [0.15, 0.2) is 22.4 Å². The maximum absolute atomic E-state index is 5.80. The van der Waals surface area contributed by atoms with Gasteiger partial charge in [0.2, 0.25) is 0 Å². The molecule has 0 aliphatic heterocycles. The summed E-state index contributed by atoms with van der Waals surface area (Å²) in [6, 6.07) is 0. The lowest BCUT2D eigenvalue weighted by Crippen LogP contribution is -2.00. The second-order valence-electron chi connectivity index (χ2n) is 3.48. The van der Waals surface area contributed by atoms with Gasteiger partial charge >= 0.3 is 0 Å². The molecule has 0 radical (unpaired) electrons. The van der Waals surface area contributed by atoms with Gasteiger partial charge in [-0.15, -0.1) is 0 Å². The van der Waals surface area contributed by atoms with Crippen molar-refractivity contribution in [2.75, 3.05) is 0 Å². The van der Waals surface area contributed by atoms with Gasteiger partial charge in [0.15, 0.2) is 0 Å². The molecule has 0 unspecified atom stereocenters. The highest BCUT2D eigenvalue weighted by molar-refractivity contribution is 5.18. The molecule has 2 N–H and O–H groups in total. The zero-order valence-electron chi connectivity index (χ0n) is 8.28. The molecule has 0 aromatic heterocycles. The van der Waals surface area contributed by atoms with Crippen molar-refractivity contribution in [3.05, 3.63) is 22.4 Å². The molecule has 0 atom stereocenters. The molecule has 0 aromatic rings. The predicted octanol–water partition coefficient (Wildman–Crippen LogP) is 2.99. The van der Waals surface area contributed by atoms with Gasteiger partial charge in [-0.05, 0) is 34.6 Å². The standard InChI is InChI=1S/C10H19N/c1-7(2)9(5)6-10(11)8(3)4/h6,11H2,1-5H3. The van der Waals surface area contributed by atoms with Gasteiger partial charge in [0.25, 0.3) is 0 Å². The van der Waals surface area contributed by atoms with Gasteiger partial charge in [-0.3, -0.25) is 0 Å². The van der Waals surface area contributed by atoms with E-state index in [1.165, 1.54) is 16.7 Å². The minimum atomic E-state index is 0.921. The summed E-state index contributed by atoms with van der Waals surface area (Å²) in [5, 5.41) is 0. The molecule has 0 spiro atoms. The van der Waals surface area contributed by atoms with E-state index < -0.39 is 0 Å². The number of allylic oxidation sites excluding steroid dienone is 3. The Morgan fingerprint density at radius 2 is 1.36 bits per heavy atom. The SMILES string of the molecule is CC(C)=C(C)CC(N)=C(C)C. The molecule has 0 aliphatic rings. The highest BCUT2D eigenvalue weighted by atomic mass is 14.6. The normalized spacial score (nSPS) is 9.18. The first-order valence-electron chi connectivity index (χ1n) is 4.00. The fourth-order valence-electron chi connectivity index (χ4n) is 0.639. The van der Waals surface area contributed by atoms with E-state index in [2.05, 4.69) is 20.8 Å². The van der Waals surface area contributed by atoms with E-state index >= 15 is 0 Å². The summed E-state index contributed by atoms with van der Waals surface area (Å²) in [6.07, 6.45) is 0.921. The van der Waals surface area contributed by atoms with Crippen molar-refractivity contribution in [1.82, 2.24) is 0 Å². The van der Waals surface area contributed by atoms with Gasteiger partial charge in [-0.1, -0.05) is 16.7 Å². The third-order valence-corrected chi connectivity index (χ3v) is 1.95. The fraction of sp³-hybridized carbons (Fsp3) is 0.600. The van der Waals surface area contributed by atoms with E-state index in [1.807, 2.05) is 13.8 Å². The molecule has 0 saturated carbocycles. The van der Waals surface area contributed by atoms with Crippen molar-refractivity contribution < 1.29 is 0 Å². The minimum Gasteiger partial charge on any atom is -0.402 e. The van der Waals surface area contributed by atoms with Crippen molar-refractivity contribution in [3.8, 4) is 0 Å². The van der Waals surface area contributed by atoms with Crippen molar-refractivity contribution in [2.24, 2.45) is 5.73 Å². The Bertz CT molecular complexity index is 167. The van der Waals surface area contributed by atoms with Crippen molar-refractivity contribution in [2.45, 2.75) is 41.0 Å². The molecule has 0 heterocycles. The van der Waals surface area contributed by atoms with Crippen LogP contribution < -0.4 is 5.73 Å². The summed E-state index contributed by atoms with van der Waals surface area (Å²) in [4.78, 5) is 0. The smallest absolute Gasteiger partial charge is 0.0108 e. The molecule has 0 fully saturated rings. The third kappa shape index (κ3) is 3.87. The monoisotopic (exact) mass is 153 g/mol. The molecule has 0 rings (SSSR count). The van der Waals surface area contributed by atoms with Gasteiger partial charge in [0.1, 0.15) is 0 Å². The second-order valence-corrected chi connectivity index (χ2v) is 3.48. The molecule has 0 aliphatic carbocycles. The third-order valence-electron chi connectivity index (χ3n) is 1.95. The topological polar surface area (TPSA) is 26.0 Å². The maximum Gasteiger partial charge on any atom is 0.0108 e. The van der Waals surface area contributed by atoms with Crippen LogP contribution in [0.5, 0.6) is 0 Å². The van der Waals surface area contributed by atoms with Crippen molar-refractivity contribution >= 4 is 0 Å². The Kier molecular flexibility index (Phi) is 3.94. The van der Waals surface area contributed by atoms with Crippen LogP contribution in [0.3, 0.4) is 0 Å². The van der Waals surface area contributed by atoms with Gasteiger partial charge in [-0.2, -0.15) is 0 Å². The summed E-state index contributed by atoms with van der Waals surface area (Å²) in [6.45, 7) is 10.5. The predicted molar refractivity (Wildman–Crippen MR) is 51.2 cm³/mol.